The zero-order valence-corrected chi connectivity index (χ0v) is 16.8. The fourth-order valence-corrected chi connectivity index (χ4v) is 2.35. The van der Waals surface area contributed by atoms with E-state index in [-0.39, 0.29) is 0 Å². The zero-order valence-electron chi connectivity index (χ0n) is 16.8. The summed E-state index contributed by atoms with van der Waals surface area (Å²) < 4.78 is 228. The molecule has 0 spiro atoms. The van der Waals surface area contributed by atoms with Gasteiger partial charge in [0.15, 0.2) is 0 Å². The minimum atomic E-state index is -8.63. The predicted octanol–water partition coefficient (Wildman–Crippen LogP) is 8.11. The molecule has 0 N–H and O–H groups in total. The van der Waals surface area contributed by atoms with Gasteiger partial charge in [0, 0.05) is 0 Å². The van der Waals surface area contributed by atoms with Crippen LogP contribution in [0, 0.1) is 0 Å². The van der Waals surface area contributed by atoms with Gasteiger partial charge in [-0.25, -0.2) is 0 Å². The van der Waals surface area contributed by atoms with Gasteiger partial charge in [-0.2, -0.15) is 74.6 Å². The number of rotatable bonds is 11. The quantitative estimate of drug-likeness (QED) is 0.246. The van der Waals surface area contributed by atoms with Crippen LogP contribution in [0.5, 0.6) is 5.75 Å². The van der Waals surface area contributed by atoms with Crippen molar-refractivity contribution in [2.24, 2.45) is 0 Å². The molecular formula is C18H11F17O. The van der Waals surface area contributed by atoms with Gasteiger partial charge in [-0.05, 0) is 17.7 Å². The molecule has 1 aromatic carbocycles. The van der Waals surface area contributed by atoms with Crippen LogP contribution in [0.3, 0.4) is 0 Å². The Bertz CT molecular complexity index is 915. The highest BCUT2D eigenvalue weighted by molar-refractivity contribution is 5.48. The molecule has 0 atom stereocenters. The Labute approximate surface area is 189 Å². The van der Waals surface area contributed by atoms with E-state index < -0.39 is 66.4 Å². The first-order valence-corrected chi connectivity index (χ1v) is 8.83. The van der Waals surface area contributed by atoms with Crippen LogP contribution in [0.25, 0.3) is 6.08 Å². The molecule has 1 rings (SSSR count). The summed E-state index contributed by atoms with van der Waals surface area (Å²) in [4.78, 5) is 0. The molecule has 18 heteroatoms. The summed E-state index contributed by atoms with van der Waals surface area (Å²) in [5.74, 6) is -56.8. The van der Waals surface area contributed by atoms with E-state index in [4.69, 9.17) is 0 Å². The Morgan fingerprint density at radius 1 is 0.556 bits per heavy atom. The van der Waals surface area contributed by atoms with Gasteiger partial charge in [-0.1, -0.05) is 24.8 Å². The van der Waals surface area contributed by atoms with Gasteiger partial charge in [0.25, 0.3) is 0 Å². The van der Waals surface area contributed by atoms with Crippen LogP contribution in [0.4, 0.5) is 74.6 Å². The molecule has 0 amide bonds. The highest BCUT2D eigenvalue weighted by Gasteiger charge is 2.95. The van der Waals surface area contributed by atoms with E-state index in [1.165, 1.54) is 18.2 Å². The maximum atomic E-state index is 13.7. The van der Waals surface area contributed by atoms with Crippen molar-refractivity contribution in [3.05, 3.63) is 36.4 Å². The lowest BCUT2D eigenvalue weighted by Gasteiger charge is -2.42. The molecule has 0 fully saturated rings. The molecular weight excluding hydrogens is 555 g/mol. The van der Waals surface area contributed by atoms with Crippen molar-refractivity contribution >= 4 is 6.08 Å². The molecule has 0 aliphatic heterocycles. The van der Waals surface area contributed by atoms with Crippen LogP contribution in [-0.4, -0.2) is 54.2 Å². The van der Waals surface area contributed by atoms with E-state index in [1.54, 1.807) is 0 Å². The molecule has 1 aromatic rings. The number of benzene rings is 1. The van der Waals surface area contributed by atoms with E-state index in [0.717, 1.165) is 12.1 Å². The lowest BCUT2D eigenvalue weighted by molar-refractivity contribution is -0.461. The fraction of sp³-hybridized carbons (Fsp3) is 0.556. The average Bonchev–Trinajstić information content (AvgIpc) is 2.72. The van der Waals surface area contributed by atoms with Crippen molar-refractivity contribution in [1.29, 1.82) is 0 Å². The molecule has 0 unspecified atom stereocenters. The zero-order chi connectivity index (χ0) is 28.8. The normalized spacial score (nSPS) is 15.1. The van der Waals surface area contributed by atoms with Gasteiger partial charge < -0.3 is 4.74 Å². The Hall–Kier alpha value is -2.43. The summed E-state index contributed by atoms with van der Waals surface area (Å²) in [5.41, 5.74) is 0.412. The van der Waals surface area contributed by atoms with Crippen LogP contribution in [-0.2, 0) is 0 Å². The third-order valence-electron chi connectivity index (χ3n) is 4.59. The third-order valence-corrected chi connectivity index (χ3v) is 4.59. The minimum absolute atomic E-state index is 0.391. The van der Waals surface area contributed by atoms with Crippen molar-refractivity contribution in [3.63, 3.8) is 0 Å². The summed E-state index contributed by atoms with van der Waals surface area (Å²) >= 11 is 0. The Balaban J connectivity index is 3.31. The maximum absolute atomic E-state index is 13.7. The molecule has 1 nitrogen and oxygen atoms in total. The van der Waals surface area contributed by atoms with E-state index in [2.05, 4.69) is 11.3 Å². The molecule has 0 aromatic heterocycles. The maximum Gasteiger partial charge on any atom is 0.460 e. The van der Waals surface area contributed by atoms with Gasteiger partial charge in [0.05, 0.1) is 13.0 Å². The largest absolute Gasteiger partial charge is 0.493 e. The molecule has 0 saturated heterocycles. The summed E-state index contributed by atoms with van der Waals surface area (Å²) in [6, 6.07) is 4.42. The molecule has 0 radical (unpaired) electrons. The minimum Gasteiger partial charge on any atom is -0.493 e. The lowest BCUT2D eigenvalue weighted by Crippen LogP contribution is -2.74. The summed E-state index contributed by atoms with van der Waals surface area (Å²) in [6.45, 7) is 1.63. The molecule has 0 aliphatic carbocycles. The first kappa shape index (κ1) is 31.6. The number of hydrogen-bond acceptors (Lipinski definition) is 1. The average molecular weight is 566 g/mol. The predicted molar refractivity (Wildman–Crippen MR) is 87.3 cm³/mol. The summed E-state index contributed by atoms with van der Waals surface area (Å²) in [6.07, 6.45) is -9.17. The van der Waals surface area contributed by atoms with Crippen molar-refractivity contribution in [2.45, 2.75) is 54.1 Å². The van der Waals surface area contributed by atoms with E-state index >= 15 is 0 Å². The van der Waals surface area contributed by atoms with Crippen LogP contribution >= 0.6 is 0 Å². The van der Waals surface area contributed by atoms with Crippen LogP contribution in [0.15, 0.2) is 30.8 Å². The Morgan fingerprint density at radius 3 is 1.28 bits per heavy atom. The highest BCUT2D eigenvalue weighted by atomic mass is 19.4. The first-order chi connectivity index (χ1) is 15.8. The second-order valence-corrected chi connectivity index (χ2v) is 7.02. The molecule has 36 heavy (non-hydrogen) atoms. The number of ether oxygens (including phenoxy) is 1. The molecule has 0 bridgehead atoms. The van der Waals surface area contributed by atoms with E-state index in [0.29, 0.717) is 5.56 Å². The van der Waals surface area contributed by atoms with Gasteiger partial charge in [0.1, 0.15) is 5.75 Å². The van der Waals surface area contributed by atoms with Crippen molar-refractivity contribution in [3.8, 4) is 5.75 Å². The van der Waals surface area contributed by atoms with Crippen LogP contribution in [0.1, 0.15) is 12.0 Å². The molecule has 0 heterocycles. The van der Waals surface area contributed by atoms with Crippen molar-refractivity contribution < 1.29 is 79.4 Å². The lowest BCUT2D eigenvalue weighted by atomic mass is 9.88. The smallest absolute Gasteiger partial charge is 0.460 e. The Morgan fingerprint density at radius 2 is 0.917 bits per heavy atom. The van der Waals surface area contributed by atoms with Crippen LogP contribution in [0.2, 0.25) is 0 Å². The first-order valence-electron chi connectivity index (χ1n) is 8.83. The fourth-order valence-electron chi connectivity index (χ4n) is 2.35. The van der Waals surface area contributed by atoms with Gasteiger partial charge in [-0.3, -0.25) is 0 Å². The van der Waals surface area contributed by atoms with Gasteiger partial charge in [-0.15, -0.1) is 0 Å². The second kappa shape index (κ2) is 9.15. The van der Waals surface area contributed by atoms with Gasteiger partial charge in [0.2, 0.25) is 0 Å². The SMILES string of the molecule is C=Cc1ccc(OCCC(F)(F)C(F)(F)C(F)(F)C(F)(F)C(F)(F)C(F)(F)C(F)(F)C(F)(F)F)cc1. The standard InChI is InChI=1S/C18H11F17O/c1-2-9-3-5-10(6-4-9)36-8-7-11(19,20)12(21,22)13(23,24)14(25,26)15(27,28)16(29,30)17(31,32)18(33,34)35/h2-6H,1,7-8H2. The Kier molecular flexibility index (Phi) is 8.03. The van der Waals surface area contributed by atoms with Crippen LogP contribution < -0.4 is 4.74 Å². The highest BCUT2D eigenvalue weighted by Crippen LogP contribution is 2.64. The topological polar surface area (TPSA) is 9.23 Å². The third kappa shape index (κ3) is 4.66. The number of alkyl halides is 17. The monoisotopic (exact) mass is 566 g/mol. The second-order valence-electron chi connectivity index (χ2n) is 7.02. The van der Waals surface area contributed by atoms with Crippen molar-refractivity contribution in [1.82, 2.24) is 0 Å². The molecule has 0 saturated carbocycles. The number of halogens is 17. The summed E-state index contributed by atoms with van der Waals surface area (Å²) in [5, 5.41) is 0. The molecule has 0 aliphatic rings. The molecule has 208 valence electrons. The summed E-state index contributed by atoms with van der Waals surface area (Å²) in [7, 11) is 0. The van der Waals surface area contributed by atoms with Gasteiger partial charge >= 0.3 is 47.6 Å². The van der Waals surface area contributed by atoms with E-state index in [1.807, 2.05) is 0 Å². The van der Waals surface area contributed by atoms with Crippen molar-refractivity contribution in [2.75, 3.05) is 6.61 Å². The number of hydrogen-bond donors (Lipinski definition) is 0. The van der Waals surface area contributed by atoms with E-state index in [9.17, 15) is 74.6 Å².